The Morgan fingerprint density at radius 2 is 1.91 bits per heavy atom. The van der Waals surface area contributed by atoms with Gasteiger partial charge < -0.3 is 10.0 Å². The second-order valence-corrected chi connectivity index (χ2v) is 5.53. The van der Waals surface area contributed by atoms with E-state index in [2.05, 4.69) is 30.8 Å². The molecule has 1 N–H and O–H groups in total. The highest BCUT2D eigenvalue weighted by molar-refractivity contribution is 5.38. The summed E-state index contributed by atoms with van der Waals surface area (Å²) in [6.45, 7) is 6.36. The quantitative estimate of drug-likeness (QED) is 0.916. The maximum absolute atomic E-state index is 9.59. The van der Waals surface area contributed by atoms with Gasteiger partial charge in [0.25, 0.3) is 0 Å². The number of aliphatic hydroxyl groups excluding tert-OH is 1. The summed E-state index contributed by atoms with van der Waals surface area (Å²) in [5.41, 5.74) is 1.11. The molecule has 0 saturated carbocycles. The van der Waals surface area contributed by atoms with Crippen LogP contribution >= 0.6 is 0 Å². The molecule has 0 bridgehead atoms. The van der Waals surface area contributed by atoms with E-state index in [9.17, 15) is 5.11 Å². The Labute approximate surface area is 130 Å². The minimum absolute atomic E-state index is 0.480. The second-order valence-electron chi connectivity index (χ2n) is 5.53. The summed E-state index contributed by atoms with van der Waals surface area (Å²) in [7, 11) is 0. The van der Waals surface area contributed by atoms with E-state index in [0.717, 1.165) is 44.2 Å². The first kappa shape index (κ1) is 14.9. The van der Waals surface area contributed by atoms with Gasteiger partial charge in [0.1, 0.15) is 11.9 Å². The van der Waals surface area contributed by atoms with Crippen LogP contribution in [0.25, 0.3) is 0 Å². The van der Waals surface area contributed by atoms with Crippen LogP contribution in [0.2, 0.25) is 0 Å². The summed E-state index contributed by atoms with van der Waals surface area (Å²) >= 11 is 0. The lowest BCUT2D eigenvalue weighted by Crippen LogP contribution is -2.46. The van der Waals surface area contributed by atoms with Gasteiger partial charge in [-0.25, -0.2) is 9.97 Å². The molecule has 2 aromatic heterocycles. The smallest absolute Gasteiger partial charge is 0.158 e. The zero-order chi connectivity index (χ0) is 15.4. The molecule has 1 atom stereocenters. The predicted octanol–water partition coefficient (Wildman–Crippen LogP) is 1.25. The minimum atomic E-state index is -0.634. The topological polar surface area (TPSA) is 65.4 Å². The number of pyridine rings is 1. The van der Waals surface area contributed by atoms with Gasteiger partial charge in [0.2, 0.25) is 0 Å². The van der Waals surface area contributed by atoms with Crippen LogP contribution < -0.4 is 4.90 Å². The van der Waals surface area contributed by atoms with Gasteiger partial charge in [-0.2, -0.15) is 0 Å². The van der Waals surface area contributed by atoms with Crippen molar-refractivity contribution in [2.45, 2.75) is 19.6 Å². The maximum atomic E-state index is 9.59. The van der Waals surface area contributed by atoms with Gasteiger partial charge in [-0.05, 0) is 25.1 Å². The van der Waals surface area contributed by atoms with Crippen molar-refractivity contribution in [3.63, 3.8) is 0 Å². The average Bonchev–Trinajstić information content (AvgIpc) is 2.56. The monoisotopic (exact) mass is 299 g/mol. The maximum Gasteiger partial charge on any atom is 0.158 e. The normalized spacial score (nSPS) is 17.5. The molecule has 0 unspecified atom stereocenters. The zero-order valence-corrected chi connectivity index (χ0v) is 12.8. The van der Waals surface area contributed by atoms with Crippen molar-refractivity contribution in [2.75, 3.05) is 31.1 Å². The molecule has 1 fully saturated rings. The summed E-state index contributed by atoms with van der Waals surface area (Å²) in [5.74, 6) is 1.37. The SMILES string of the molecule is C[C@@H](O)c1nccc(N2CCN(Cc3ccccn3)CC2)n1. The molecular formula is C16H21N5O. The third-order valence-electron chi connectivity index (χ3n) is 3.84. The van der Waals surface area contributed by atoms with E-state index in [1.807, 2.05) is 24.4 Å². The lowest BCUT2D eigenvalue weighted by molar-refractivity contribution is 0.188. The molecule has 6 nitrogen and oxygen atoms in total. The first-order chi connectivity index (χ1) is 10.7. The van der Waals surface area contributed by atoms with Crippen molar-refractivity contribution >= 4 is 5.82 Å². The molecule has 0 spiro atoms. The van der Waals surface area contributed by atoms with Crippen molar-refractivity contribution < 1.29 is 5.11 Å². The van der Waals surface area contributed by atoms with Crippen LogP contribution in [0.4, 0.5) is 5.82 Å². The number of rotatable bonds is 4. The van der Waals surface area contributed by atoms with Crippen LogP contribution in [-0.2, 0) is 6.54 Å². The largest absolute Gasteiger partial charge is 0.385 e. The molecule has 1 aliphatic rings. The zero-order valence-electron chi connectivity index (χ0n) is 12.8. The van der Waals surface area contributed by atoms with E-state index in [0.29, 0.717) is 5.82 Å². The van der Waals surface area contributed by atoms with Crippen LogP contribution in [0.15, 0.2) is 36.7 Å². The fourth-order valence-electron chi connectivity index (χ4n) is 2.60. The fraction of sp³-hybridized carbons (Fsp3) is 0.438. The number of piperazine rings is 1. The van der Waals surface area contributed by atoms with Gasteiger partial charge in [0.15, 0.2) is 5.82 Å². The first-order valence-corrected chi connectivity index (χ1v) is 7.60. The van der Waals surface area contributed by atoms with Crippen LogP contribution in [-0.4, -0.2) is 51.1 Å². The van der Waals surface area contributed by atoms with Crippen LogP contribution in [0, 0.1) is 0 Å². The highest BCUT2D eigenvalue weighted by Crippen LogP contribution is 2.16. The van der Waals surface area contributed by atoms with E-state index in [1.165, 1.54) is 0 Å². The number of aliphatic hydroxyl groups is 1. The van der Waals surface area contributed by atoms with Crippen LogP contribution in [0.1, 0.15) is 24.5 Å². The van der Waals surface area contributed by atoms with E-state index in [-0.39, 0.29) is 0 Å². The Morgan fingerprint density at radius 1 is 1.09 bits per heavy atom. The van der Waals surface area contributed by atoms with Crippen LogP contribution in [0.5, 0.6) is 0 Å². The third-order valence-corrected chi connectivity index (χ3v) is 3.84. The molecule has 0 radical (unpaired) electrons. The predicted molar refractivity (Wildman–Crippen MR) is 84.4 cm³/mol. The molecule has 0 aromatic carbocycles. The average molecular weight is 299 g/mol. The van der Waals surface area contributed by atoms with Gasteiger partial charge in [0.05, 0.1) is 5.69 Å². The Hall–Kier alpha value is -2.05. The minimum Gasteiger partial charge on any atom is -0.385 e. The van der Waals surface area contributed by atoms with Crippen molar-refractivity contribution in [1.82, 2.24) is 19.9 Å². The van der Waals surface area contributed by atoms with Gasteiger partial charge in [-0.3, -0.25) is 9.88 Å². The molecule has 1 saturated heterocycles. The number of nitrogens with zero attached hydrogens (tertiary/aromatic N) is 5. The Kier molecular flexibility index (Phi) is 4.60. The van der Waals surface area contributed by atoms with Crippen molar-refractivity contribution in [3.8, 4) is 0 Å². The van der Waals surface area contributed by atoms with E-state index in [1.54, 1.807) is 13.1 Å². The molecule has 2 aromatic rings. The number of hydrogen-bond acceptors (Lipinski definition) is 6. The molecule has 116 valence electrons. The van der Waals surface area contributed by atoms with Crippen molar-refractivity contribution in [2.24, 2.45) is 0 Å². The molecule has 6 heteroatoms. The molecule has 3 heterocycles. The number of hydrogen-bond donors (Lipinski definition) is 1. The summed E-state index contributed by atoms with van der Waals surface area (Å²) in [6.07, 6.45) is 2.92. The molecule has 3 rings (SSSR count). The highest BCUT2D eigenvalue weighted by atomic mass is 16.3. The third kappa shape index (κ3) is 3.58. The summed E-state index contributed by atoms with van der Waals surface area (Å²) in [4.78, 5) is 17.6. The van der Waals surface area contributed by atoms with E-state index >= 15 is 0 Å². The van der Waals surface area contributed by atoms with Crippen LogP contribution in [0.3, 0.4) is 0 Å². The summed E-state index contributed by atoms with van der Waals surface area (Å²) in [5, 5.41) is 9.59. The standard InChI is InChI=1S/C16H21N5O/c1-13(22)16-18-7-5-15(19-16)21-10-8-20(9-11-21)12-14-4-2-3-6-17-14/h2-7,13,22H,8-12H2,1H3/t13-/m1/s1. The Balaban J connectivity index is 1.58. The Bertz CT molecular complexity index is 596. The number of anilines is 1. The van der Waals surface area contributed by atoms with Gasteiger partial charge >= 0.3 is 0 Å². The number of aromatic nitrogens is 3. The molecule has 1 aliphatic heterocycles. The molecular weight excluding hydrogens is 278 g/mol. The Morgan fingerprint density at radius 3 is 2.59 bits per heavy atom. The molecule has 0 aliphatic carbocycles. The molecule has 22 heavy (non-hydrogen) atoms. The summed E-state index contributed by atoms with van der Waals surface area (Å²) < 4.78 is 0. The lowest BCUT2D eigenvalue weighted by atomic mass is 10.2. The van der Waals surface area contributed by atoms with Crippen molar-refractivity contribution in [3.05, 3.63) is 48.2 Å². The van der Waals surface area contributed by atoms with E-state index in [4.69, 9.17) is 0 Å². The van der Waals surface area contributed by atoms with Gasteiger partial charge in [0, 0.05) is 45.1 Å². The van der Waals surface area contributed by atoms with E-state index < -0.39 is 6.10 Å². The lowest BCUT2D eigenvalue weighted by Gasteiger charge is -2.35. The first-order valence-electron chi connectivity index (χ1n) is 7.60. The fourth-order valence-corrected chi connectivity index (χ4v) is 2.60. The van der Waals surface area contributed by atoms with Gasteiger partial charge in [-0.15, -0.1) is 0 Å². The van der Waals surface area contributed by atoms with Crippen molar-refractivity contribution in [1.29, 1.82) is 0 Å². The molecule has 0 amide bonds. The highest BCUT2D eigenvalue weighted by Gasteiger charge is 2.19. The summed E-state index contributed by atoms with van der Waals surface area (Å²) in [6, 6.07) is 7.93. The van der Waals surface area contributed by atoms with Gasteiger partial charge in [-0.1, -0.05) is 6.07 Å². The second kappa shape index (κ2) is 6.81.